The number of amides is 1. The summed E-state index contributed by atoms with van der Waals surface area (Å²) in [5.41, 5.74) is 3.07. The van der Waals surface area contributed by atoms with Crippen molar-refractivity contribution in [1.29, 1.82) is 0 Å². The van der Waals surface area contributed by atoms with Crippen LogP contribution in [0.15, 0.2) is 53.3 Å². The summed E-state index contributed by atoms with van der Waals surface area (Å²) in [5.74, 6) is 1.07. The molecule has 32 heavy (non-hydrogen) atoms. The smallest absolute Gasteiger partial charge is 0.266 e. The van der Waals surface area contributed by atoms with Gasteiger partial charge in [0.15, 0.2) is 6.61 Å². The normalized spacial score (nSPS) is 10.6. The van der Waals surface area contributed by atoms with Crippen LogP contribution in [0.2, 0.25) is 5.02 Å². The zero-order valence-electron chi connectivity index (χ0n) is 18.4. The summed E-state index contributed by atoms with van der Waals surface area (Å²) in [7, 11) is 0. The molecule has 0 aliphatic carbocycles. The summed E-state index contributed by atoms with van der Waals surface area (Å²) < 4.78 is 12.3. The average molecular weight is 456 g/mol. The lowest BCUT2D eigenvalue weighted by Gasteiger charge is -2.11. The highest BCUT2D eigenvalue weighted by Crippen LogP contribution is 2.25. The summed E-state index contributed by atoms with van der Waals surface area (Å²) in [5, 5.41) is 7.84. The topological polar surface area (TPSA) is 82.5 Å². The van der Waals surface area contributed by atoms with E-state index in [1.165, 1.54) is 10.7 Å². The summed E-state index contributed by atoms with van der Waals surface area (Å²) in [4.78, 5) is 24.3. The fraction of sp³-hybridized carbons (Fsp3) is 0.292. The molecule has 0 saturated heterocycles. The quantitative estimate of drug-likeness (QED) is 0.531. The molecular formula is C24H26ClN3O4. The van der Waals surface area contributed by atoms with E-state index in [0.717, 1.165) is 22.4 Å². The van der Waals surface area contributed by atoms with Gasteiger partial charge in [-0.15, -0.1) is 0 Å². The molecule has 0 radical (unpaired) electrons. The second kappa shape index (κ2) is 10.8. The maximum atomic E-state index is 12.2. The molecule has 7 nitrogen and oxygen atoms in total. The van der Waals surface area contributed by atoms with Crippen molar-refractivity contribution in [1.82, 2.24) is 15.1 Å². The molecule has 168 valence electrons. The Morgan fingerprint density at radius 3 is 2.38 bits per heavy atom. The number of aromatic nitrogens is 2. The van der Waals surface area contributed by atoms with Gasteiger partial charge in [0.2, 0.25) is 0 Å². The van der Waals surface area contributed by atoms with Crippen LogP contribution in [0.5, 0.6) is 11.5 Å². The van der Waals surface area contributed by atoms with Gasteiger partial charge in [-0.05, 0) is 74.4 Å². The van der Waals surface area contributed by atoms with Gasteiger partial charge in [0.05, 0.1) is 18.8 Å². The van der Waals surface area contributed by atoms with E-state index >= 15 is 0 Å². The minimum atomic E-state index is -0.286. The largest absolute Gasteiger partial charge is 0.494 e. The SMILES string of the molecule is CCOc1ccc(-c2ccc(=O)n(CCNC(=O)COc3cc(C)c(Cl)c(C)c3)n2)cc1. The Labute approximate surface area is 191 Å². The average Bonchev–Trinajstić information content (AvgIpc) is 2.78. The molecule has 0 bridgehead atoms. The fourth-order valence-corrected chi connectivity index (χ4v) is 3.25. The van der Waals surface area contributed by atoms with Crippen molar-refractivity contribution in [2.24, 2.45) is 0 Å². The first-order chi connectivity index (χ1) is 15.4. The number of hydrogen-bond donors (Lipinski definition) is 1. The Hall–Kier alpha value is -3.32. The van der Waals surface area contributed by atoms with Crippen LogP contribution in [0.3, 0.4) is 0 Å². The standard InChI is InChI=1S/C24H26ClN3O4/c1-4-31-19-7-5-18(6-8-19)21-9-10-23(30)28(27-21)12-11-26-22(29)15-32-20-13-16(2)24(25)17(3)14-20/h5-10,13-14H,4,11-12,15H2,1-3H3,(H,26,29). The monoisotopic (exact) mass is 455 g/mol. The van der Waals surface area contributed by atoms with Crippen molar-refractivity contribution in [2.45, 2.75) is 27.3 Å². The number of ether oxygens (including phenoxy) is 2. The van der Waals surface area contributed by atoms with Crippen LogP contribution in [0, 0.1) is 13.8 Å². The molecule has 0 saturated carbocycles. The third kappa shape index (κ3) is 6.11. The number of hydrogen-bond acceptors (Lipinski definition) is 5. The van der Waals surface area contributed by atoms with E-state index in [2.05, 4.69) is 10.4 Å². The molecule has 1 N–H and O–H groups in total. The van der Waals surface area contributed by atoms with Crippen molar-refractivity contribution in [3.8, 4) is 22.8 Å². The highest BCUT2D eigenvalue weighted by Gasteiger charge is 2.08. The summed E-state index contributed by atoms with van der Waals surface area (Å²) in [6.45, 7) is 6.65. The molecule has 0 unspecified atom stereocenters. The van der Waals surface area contributed by atoms with Gasteiger partial charge in [-0.1, -0.05) is 11.6 Å². The van der Waals surface area contributed by atoms with Crippen molar-refractivity contribution in [3.63, 3.8) is 0 Å². The van der Waals surface area contributed by atoms with Crippen molar-refractivity contribution < 1.29 is 14.3 Å². The predicted octanol–water partition coefficient (Wildman–Crippen LogP) is 3.77. The third-order valence-corrected chi connectivity index (χ3v) is 5.35. The van der Waals surface area contributed by atoms with Gasteiger partial charge in [0.1, 0.15) is 11.5 Å². The molecule has 0 fully saturated rings. The van der Waals surface area contributed by atoms with Gasteiger partial charge in [-0.25, -0.2) is 4.68 Å². The van der Waals surface area contributed by atoms with E-state index in [9.17, 15) is 9.59 Å². The number of aryl methyl sites for hydroxylation is 2. The van der Waals surface area contributed by atoms with E-state index < -0.39 is 0 Å². The lowest BCUT2D eigenvalue weighted by Crippen LogP contribution is -2.34. The third-order valence-electron chi connectivity index (χ3n) is 4.75. The fourth-order valence-electron chi connectivity index (χ4n) is 3.14. The minimum Gasteiger partial charge on any atom is -0.494 e. The second-order valence-electron chi connectivity index (χ2n) is 7.25. The summed E-state index contributed by atoms with van der Waals surface area (Å²) in [6, 6.07) is 14.2. The number of benzene rings is 2. The Balaban J connectivity index is 1.54. The van der Waals surface area contributed by atoms with Crippen molar-refractivity contribution in [2.75, 3.05) is 19.8 Å². The van der Waals surface area contributed by atoms with E-state index in [1.54, 1.807) is 18.2 Å². The van der Waals surface area contributed by atoms with E-state index in [4.69, 9.17) is 21.1 Å². The van der Waals surface area contributed by atoms with Gasteiger partial charge >= 0.3 is 0 Å². The molecule has 1 heterocycles. The molecule has 8 heteroatoms. The molecule has 0 spiro atoms. The molecule has 0 aliphatic heterocycles. The highest BCUT2D eigenvalue weighted by molar-refractivity contribution is 6.32. The lowest BCUT2D eigenvalue weighted by molar-refractivity contribution is -0.123. The molecular weight excluding hydrogens is 430 g/mol. The number of nitrogens with one attached hydrogen (secondary N) is 1. The Kier molecular flexibility index (Phi) is 7.89. The first-order valence-electron chi connectivity index (χ1n) is 10.3. The van der Waals surface area contributed by atoms with Crippen LogP contribution in [0.1, 0.15) is 18.1 Å². The van der Waals surface area contributed by atoms with E-state index in [1.807, 2.05) is 45.0 Å². The van der Waals surface area contributed by atoms with Gasteiger partial charge in [0, 0.05) is 23.2 Å². The molecule has 1 amide bonds. The van der Waals surface area contributed by atoms with Gasteiger partial charge in [-0.3, -0.25) is 9.59 Å². The predicted molar refractivity (Wildman–Crippen MR) is 125 cm³/mol. The second-order valence-corrected chi connectivity index (χ2v) is 7.62. The highest BCUT2D eigenvalue weighted by atomic mass is 35.5. The van der Waals surface area contributed by atoms with Crippen LogP contribution in [0.4, 0.5) is 0 Å². The Morgan fingerprint density at radius 1 is 1.03 bits per heavy atom. The molecule has 3 aromatic rings. The summed E-state index contributed by atoms with van der Waals surface area (Å²) >= 11 is 6.15. The summed E-state index contributed by atoms with van der Waals surface area (Å²) in [6.07, 6.45) is 0. The molecule has 0 aliphatic rings. The Bertz CT molecular complexity index is 1120. The van der Waals surface area contributed by atoms with Crippen LogP contribution in [0.25, 0.3) is 11.3 Å². The number of nitrogens with zero attached hydrogens (tertiary/aromatic N) is 2. The maximum Gasteiger partial charge on any atom is 0.266 e. The number of rotatable bonds is 9. The van der Waals surface area contributed by atoms with Crippen LogP contribution < -0.4 is 20.3 Å². The first-order valence-corrected chi connectivity index (χ1v) is 10.7. The van der Waals surface area contributed by atoms with Gasteiger partial charge in [-0.2, -0.15) is 5.10 Å². The van der Waals surface area contributed by atoms with Crippen LogP contribution in [-0.4, -0.2) is 35.4 Å². The number of carbonyl (C=O) groups is 1. The van der Waals surface area contributed by atoms with E-state index in [0.29, 0.717) is 23.1 Å². The number of carbonyl (C=O) groups excluding carboxylic acids is 1. The van der Waals surface area contributed by atoms with E-state index in [-0.39, 0.29) is 31.2 Å². The van der Waals surface area contributed by atoms with Crippen molar-refractivity contribution >= 4 is 17.5 Å². The number of halogens is 1. The molecule has 1 aromatic heterocycles. The van der Waals surface area contributed by atoms with Crippen LogP contribution in [-0.2, 0) is 11.3 Å². The zero-order chi connectivity index (χ0) is 23.1. The van der Waals surface area contributed by atoms with Gasteiger partial charge in [0.25, 0.3) is 11.5 Å². The molecule has 3 rings (SSSR count). The minimum absolute atomic E-state index is 0.130. The van der Waals surface area contributed by atoms with Gasteiger partial charge < -0.3 is 14.8 Å². The van der Waals surface area contributed by atoms with Crippen molar-refractivity contribution in [3.05, 3.63) is 75.0 Å². The lowest BCUT2D eigenvalue weighted by atomic mass is 10.1. The molecule has 0 atom stereocenters. The van der Waals surface area contributed by atoms with Crippen LogP contribution >= 0.6 is 11.6 Å². The molecule has 2 aromatic carbocycles. The Morgan fingerprint density at radius 2 is 1.72 bits per heavy atom. The zero-order valence-corrected chi connectivity index (χ0v) is 19.1. The first kappa shape index (κ1) is 23.3. The maximum absolute atomic E-state index is 12.2.